The van der Waals surface area contributed by atoms with Gasteiger partial charge in [-0.25, -0.2) is 0 Å². The summed E-state index contributed by atoms with van der Waals surface area (Å²) in [5.74, 6) is 1.38. The highest BCUT2D eigenvalue weighted by atomic mass is 32.2. The topological polar surface area (TPSA) is 103 Å². The molecule has 2 aromatic carbocycles. The average Bonchev–Trinajstić information content (AvgIpc) is 3.64. The highest BCUT2D eigenvalue weighted by Crippen LogP contribution is 2.35. The molecule has 184 valence electrons. The summed E-state index contributed by atoms with van der Waals surface area (Å²) >= 11 is 0.867. The third-order valence-corrected chi connectivity index (χ3v) is 6.21. The third kappa shape index (κ3) is 6.27. The molecule has 1 heterocycles. The molecule has 2 fully saturated rings. The largest absolute Gasteiger partial charge is 0.493 e. The molecule has 2 aromatic rings. The molecule has 1 saturated carbocycles. The van der Waals surface area contributed by atoms with Crippen molar-refractivity contribution in [3.63, 3.8) is 0 Å². The number of para-hydroxylation sites is 2. The average molecular weight is 499 g/mol. The fraction of sp³-hybridized carbons (Fsp3) is 0.320. The van der Waals surface area contributed by atoms with Gasteiger partial charge in [-0.05, 0) is 60.5 Å². The first kappa shape index (κ1) is 24.5. The van der Waals surface area contributed by atoms with Gasteiger partial charge in [0.15, 0.2) is 29.6 Å². The number of benzene rings is 2. The summed E-state index contributed by atoms with van der Waals surface area (Å²) in [5, 5.41) is 2.50. The molecule has 1 saturated heterocycles. The predicted molar refractivity (Wildman–Crippen MR) is 131 cm³/mol. The minimum Gasteiger partial charge on any atom is -0.493 e. The van der Waals surface area contributed by atoms with Crippen molar-refractivity contribution in [3.05, 3.63) is 52.9 Å². The zero-order chi connectivity index (χ0) is 24.8. The molecule has 1 aliphatic heterocycles. The summed E-state index contributed by atoms with van der Waals surface area (Å²) < 4.78 is 21.9. The number of methoxy groups -OCH3 is 2. The number of hydrogen-bond donors (Lipinski definition) is 1. The van der Waals surface area contributed by atoms with Crippen molar-refractivity contribution in [2.45, 2.75) is 18.9 Å². The van der Waals surface area contributed by atoms with Crippen LogP contribution in [0.4, 0.5) is 4.79 Å². The molecule has 1 N–H and O–H groups in total. The van der Waals surface area contributed by atoms with Gasteiger partial charge in [-0.1, -0.05) is 18.2 Å². The molecule has 0 radical (unpaired) electrons. The molecule has 1 aliphatic carbocycles. The number of ether oxygens (including phenoxy) is 4. The van der Waals surface area contributed by atoms with E-state index in [2.05, 4.69) is 5.32 Å². The van der Waals surface area contributed by atoms with E-state index in [1.54, 1.807) is 43.5 Å². The van der Waals surface area contributed by atoms with Gasteiger partial charge in [-0.2, -0.15) is 0 Å². The maximum atomic E-state index is 12.8. The molecule has 35 heavy (non-hydrogen) atoms. The van der Waals surface area contributed by atoms with Crippen molar-refractivity contribution in [2.75, 3.05) is 34.0 Å². The van der Waals surface area contributed by atoms with E-state index in [-0.39, 0.29) is 42.9 Å². The van der Waals surface area contributed by atoms with Crippen LogP contribution in [0.5, 0.6) is 23.0 Å². The highest BCUT2D eigenvalue weighted by molar-refractivity contribution is 8.18. The van der Waals surface area contributed by atoms with Crippen LogP contribution in [-0.2, 0) is 9.59 Å². The Labute approximate surface area is 207 Å². The second kappa shape index (κ2) is 11.2. The SMILES string of the molecule is COc1ccccc1OCCN1C(=O)S/C(=C\c2ccc(OCC(=O)NC3CC3)c(OC)c2)C1=O. The van der Waals surface area contributed by atoms with E-state index in [1.807, 2.05) is 12.1 Å². The Kier molecular flexibility index (Phi) is 7.81. The third-order valence-electron chi connectivity index (χ3n) is 5.30. The molecule has 0 bridgehead atoms. The van der Waals surface area contributed by atoms with Gasteiger partial charge in [0.2, 0.25) is 0 Å². The Morgan fingerprint density at radius 2 is 1.74 bits per heavy atom. The molecule has 10 heteroatoms. The quantitative estimate of drug-likeness (QED) is 0.470. The number of carbonyl (C=O) groups excluding carboxylic acids is 3. The van der Waals surface area contributed by atoms with Gasteiger partial charge >= 0.3 is 0 Å². The van der Waals surface area contributed by atoms with Crippen LogP contribution in [0, 0.1) is 0 Å². The summed E-state index contributed by atoms with van der Waals surface area (Å²) in [7, 11) is 3.04. The van der Waals surface area contributed by atoms with E-state index < -0.39 is 0 Å². The van der Waals surface area contributed by atoms with Crippen molar-refractivity contribution >= 4 is 34.9 Å². The van der Waals surface area contributed by atoms with Crippen LogP contribution in [0.3, 0.4) is 0 Å². The van der Waals surface area contributed by atoms with Crippen LogP contribution in [0.15, 0.2) is 47.4 Å². The number of nitrogens with one attached hydrogen (secondary N) is 1. The Morgan fingerprint density at radius 3 is 2.46 bits per heavy atom. The van der Waals surface area contributed by atoms with Gasteiger partial charge in [0.25, 0.3) is 17.1 Å². The van der Waals surface area contributed by atoms with Crippen LogP contribution in [0.1, 0.15) is 18.4 Å². The minimum atomic E-state index is -0.389. The molecule has 4 rings (SSSR count). The maximum Gasteiger partial charge on any atom is 0.293 e. The van der Waals surface area contributed by atoms with Crippen LogP contribution in [0.2, 0.25) is 0 Å². The molecule has 0 unspecified atom stereocenters. The lowest BCUT2D eigenvalue weighted by Gasteiger charge is -2.14. The maximum absolute atomic E-state index is 12.8. The van der Waals surface area contributed by atoms with Crippen LogP contribution in [-0.4, -0.2) is 62.0 Å². The second-order valence-corrected chi connectivity index (χ2v) is 8.87. The zero-order valence-electron chi connectivity index (χ0n) is 19.4. The summed E-state index contributed by atoms with van der Waals surface area (Å²) in [6.07, 6.45) is 3.63. The van der Waals surface area contributed by atoms with Crippen molar-refractivity contribution in [2.24, 2.45) is 0 Å². The Bertz CT molecular complexity index is 1150. The number of amides is 3. The highest BCUT2D eigenvalue weighted by Gasteiger charge is 2.35. The van der Waals surface area contributed by atoms with E-state index >= 15 is 0 Å². The van der Waals surface area contributed by atoms with E-state index in [1.165, 1.54) is 7.11 Å². The summed E-state index contributed by atoms with van der Waals surface area (Å²) in [5.41, 5.74) is 0.660. The molecular formula is C25H26N2O7S. The zero-order valence-corrected chi connectivity index (χ0v) is 20.3. The molecular weight excluding hydrogens is 472 g/mol. The molecule has 9 nitrogen and oxygen atoms in total. The lowest BCUT2D eigenvalue weighted by atomic mass is 10.2. The Hall–Kier alpha value is -3.66. The monoisotopic (exact) mass is 498 g/mol. The minimum absolute atomic E-state index is 0.109. The molecule has 0 atom stereocenters. The Balaban J connectivity index is 1.36. The first-order valence-electron chi connectivity index (χ1n) is 11.1. The number of carbonyl (C=O) groups is 3. The van der Waals surface area contributed by atoms with Crippen LogP contribution in [0.25, 0.3) is 6.08 Å². The smallest absolute Gasteiger partial charge is 0.293 e. The normalized spacial score (nSPS) is 16.4. The summed E-state index contributed by atoms with van der Waals surface area (Å²) in [4.78, 5) is 38.6. The molecule has 0 spiro atoms. The van der Waals surface area contributed by atoms with Gasteiger partial charge in [0.05, 0.1) is 25.7 Å². The number of rotatable bonds is 11. The summed E-state index contributed by atoms with van der Waals surface area (Å²) in [6, 6.07) is 12.5. The Morgan fingerprint density at radius 1 is 1.03 bits per heavy atom. The lowest BCUT2D eigenvalue weighted by Crippen LogP contribution is -2.32. The van der Waals surface area contributed by atoms with E-state index in [0.29, 0.717) is 33.5 Å². The lowest BCUT2D eigenvalue weighted by molar-refractivity contribution is -0.123. The fourth-order valence-electron chi connectivity index (χ4n) is 3.36. The van der Waals surface area contributed by atoms with Gasteiger partial charge < -0.3 is 24.3 Å². The van der Waals surface area contributed by atoms with E-state index in [0.717, 1.165) is 29.5 Å². The van der Waals surface area contributed by atoms with Gasteiger partial charge in [0, 0.05) is 6.04 Å². The molecule has 2 aliphatic rings. The number of hydrogen-bond acceptors (Lipinski definition) is 8. The van der Waals surface area contributed by atoms with Gasteiger partial charge in [0.1, 0.15) is 6.61 Å². The molecule has 0 aromatic heterocycles. The first-order valence-corrected chi connectivity index (χ1v) is 11.9. The fourth-order valence-corrected chi connectivity index (χ4v) is 4.23. The predicted octanol–water partition coefficient (Wildman–Crippen LogP) is 3.48. The second-order valence-electron chi connectivity index (χ2n) is 7.87. The van der Waals surface area contributed by atoms with Crippen LogP contribution < -0.4 is 24.3 Å². The van der Waals surface area contributed by atoms with E-state index in [9.17, 15) is 14.4 Å². The van der Waals surface area contributed by atoms with Crippen molar-refractivity contribution in [3.8, 4) is 23.0 Å². The van der Waals surface area contributed by atoms with Crippen molar-refractivity contribution < 1.29 is 33.3 Å². The first-order chi connectivity index (χ1) is 17.0. The standard InChI is InChI=1S/C25H26N2O7S/c1-31-18-5-3-4-6-19(18)33-12-11-27-24(29)22(35-25(27)30)14-16-7-10-20(21(13-16)32-2)34-15-23(28)26-17-8-9-17/h3-7,10,13-14,17H,8-9,11-12,15H2,1-2H3,(H,26,28)/b22-14-. The van der Waals surface area contributed by atoms with Gasteiger partial charge in [-0.3, -0.25) is 19.3 Å². The van der Waals surface area contributed by atoms with Gasteiger partial charge in [-0.15, -0.1) is 0 Å². The van der Waals surface area contributed by atoms with Crippen molar-refractivity contribution in [1.29, 1.82) is 0 Å². The number of nitrogens with zero attached hydrogens (tertiary/aromatic N) is 1. The number of imide groups is 1. The van der Waals surface area contributed by atoms with Crippen LogP contribution >= 0.6 is 11.8 Å². The molecule has 3 amide bonds. The van der Waals surface area contributed by atoms with E-state index in [4.69, 9.17) is 18.9 Å². The van der Waals surface area contributed by atoms with Crippen molar-refractivity contribution in [1.82, 2.24) is 10.2 Å². The summed E-state index contributed by atoms with van der Waals surface area (Å²) in [6.45, 7) is 0.140. The number of thioether (sulfide) groups is 1.